The summed E-state index contributed by atoms with van der Waals surface area (Å²) in [6.07, 6.45) is 5.13. The summed E-state index contributed by atoms with van der Waals surface area (Å²) in [5.41, 5.74) is 3.16. The molecule has 9 heteroatoms. The molecule has 0 spiro atoms. The number of nitrogens with one attached hydrogen (secondary N) is 1. The number of benzene rings is 2. The van der Waals surface area contributed by atoms with Gasteiger partial charge in [0, 0.05) is 17.7 Å². The average Bonchev–Trinajstić information content (AvgIpc) is 3.18. The van der Waals surface area contributed by atoms with E-state index in [0.29, 0.717) is 35.9 Å². The Bertz CT molecular complexity index is 1350. The molecule has 1 saturated carbocycles. The molecule has 1 aromatic heterocycles. The first kappa shape index (κ1) is 32.4. The second-order valence-electron chi connectivity index (χ2n) is 10.8. The highest BCUT2D eigenvalue weighted by atomic mass is 35.5. The Morgan fingerprint density at radius 2 is 1.73 bits per heavy atom. The number of halogens is 2. The lowest BCUT2D eigenvalue weighted by Gasteiger charge is -2.29. The molecule has 1 heterocycles. The highest BCUT2D eigenvalue weighted by molar-refractivity contribution is 6.32. The number of carbonyl (C=O) groups excluding carboxylic acids is 1. The number of pyridine rings is 1. The number of carboxylic acid groups (broad SMARTS) is 1. The first-order valence-electron chi connectivity index (χ1n) is 13.9. The number of amides is 1. The maximum atomic E-state index is 13.5. The average molecular weight is 601 g/mol. The zero-order valence-electron chi connectivity index (χ0n) is 23.9. The molecule has 0 saturated heterocycles. The minimum Gasteiger partial charge on any atom is -0.492 e. The van der Waals surface area contributed by atoms with Crippen LogP contribution in [-0.2, 0) is 4.79 Å². The first-order valence-corrected chi connectivity index (χ1v) is 14.3. The Balaban J connectivity index is 0.00000462. The summed E-state index contributed by atoms with van der Waals surface area (Å²) in [4.78, 5) is 32.7. The van der Waals surface area contributed by atoms with E-state index in [1.807, 2.05) is 63.5 Å². The van der Waals surface area contributed by atoms with Gasteiger partial charge in [-0.3, -0.25) is 4.79 Å². The van der Waals surface area contributed by atoms with Crippen molar-refractivity contribution in [2.45, 2.75) is 57.4 Å². The van der Waals surface area contributed by atoms with Crippen LogP contribution in [0.15, 0.2) is 54.6 Å². The molecule has 0 bridgehead atoms. The van der Waals surface area contributed by atoms with Crippen LogP contribution in [-0.4, -0.2) is 59.7 Å². The van der Waals surface area contributed by atoms with Crippen molar-refractivity contribution >= 4 is 35.9 Å². The van der Waals surface area contributed by atoms with Crippen LogP contribution in [0.4, 0.5) is 0 Å². The largest absolute Gasteiger partial charge is 0.492 e. The van der Waals surface area contributed by atoms with Crippen molar-refractivity contribution in [2.24, 2.45) is 0 Å². The quantitative estimate of drug-likeness (QED) is 0.192. The number of aliphatic carboxylic acids is 1. The van der Waals surface area contributed by atoms with Gasteiger partial charge < -0.3 is 20.1 Å². The molecule has 220 valence electrons. The minimum atomic E-state index is -1.28. The van der Waals surface area contributed by atoms with Crippen molar-refractivity contribution < 1.29 is 19.4 Å². The van der Waals surface area contributed by atoms with E-state index in [1.54, 1.807) is 12.1 Å². The van der Waals surface area contributed by atoms with Crippen LogP contribution in [0.25, 0.3) is 22.4 Å². The number of nitrogens with zero attached hydrogens (tertiary/aromatic N) is 2. The molecule has 2 N–H and O–H groups in total. The highest BCUT2D eigenvalue weighted by Gasteiger charge is 2.40. The van der Waals surface area contributed by atoms with Crippen LogP contribution in [0.3, 0.4) is 0 Å². The highest BCUT2D eigenvalue weighted by Crippen LogP contribution is 2.37. The van der Waals surface area contributed by atoms with Crippen LogP contribution in [0, 0.1) is 6.92 Å². The molecule has 0 aliphatic heterocycles. The summed E-state index contributed by atoms with van der Waals surface area (Å²) in [5.74, 6) is -0.933. The van der Waals surface area contributed by atoms with E-state index in [4.69, 9.17) is 21.3 Å². The number of carboxylic acids is 1. The van der Waals surface area contributed by atoms with Gasteiger partial charge in [0.25, 0.3) is 5.91 Å². The van der Waals surface area contributed by atoms with E-state index >= 15 is 0 Å². The summed E-state index contributed by atoms with van der Waals surface area (Å²) >= 11 is 6.48. The first-order chi connectivity index (χ1) is 19.2. The zero-order valence-corrected chi connectivity index (χ0v) is 25.5. The van der Waals surface area contributed by atoms with Crippen LogP contribution >= 0.6 is 24.0 Å². The Morgan fingerprint density at radius 3 is 2.39 bits per heavy atom. The second kappa shape index (κ2) is 14.7. The van der Waals surface area contributed by atoms with E-state index in [9.17, 15) is 14.7 Å². The van der Waals surface area contributed by atoms with Crippen molar-refractivity contribution in [1.29, 1.82) is 0 Å². The number of aryl methyl sites for hydroxylation is 1. The van der Waals surface area contributed by atoms with Gasteiger partial charge in [0.15, 0.2) is 0 Å². The third-order valence-corrected chi connectivity index (χ3v) is 7.81. The van der Waals surface area contributed by atoms with E-state index in [0.717, 1.165) is 60.9 Å². The monoisotopic (exact) mass is 599 g/mol. The van der Waals surface area contributed by atoms with Gasteiger partial charge in [0.1, 0.15) is 17.0 Å². The number of rotatable bonds is 10. The van der Waals surface area contributed by atoms with Crippen molar-refractivity contribution in [3.05, 3.63) is 70.9 Å². The van der Waals surface area contributed by atoms with Crippen molar-refractivity contribution in [3.63, 3.8) is 0 Å². The minimum absolute atomic E-state index is 0. The van der Waals surface area contributed by atoms with Crippen LogP contribution in [0.5, 0.6) is 5.75 Å². The van der Waals surface area contributed by atoms with E-state index in [-0.39, 0.29) is 18.1 Å². The smallest absolute Gasteiger partial charge is 0.329 e. The lowest BCUT2D eigenvalue weighted by atomic mass is 9.90. The summed E-state index contributed by atoms with van der Waals surface area (Å²) in [5, 5.41) is 13.4. The molecule has 3 aromatic rings. The molecular formula is C32H39Cl2N3O4. The number of ether oxygens (including phenoxy) is 1. The van der Waals surface area contributed by atoms with Gasteiger partial charge in [-0.2, -0.15) is 0 Å². The maximum Gasteiger partial charge on any atom is 0.329 e. The van der Waals surface area contributed by atoms with Gasteiger partial charge in [-0.1, -0.05) is 67.6 Å². The molecule has 1 aliphatic carbocycles. The lowest BCUT2D eigenvalue weighted by Crippen LogP contribution is -2.54. The predicted molar refractivity (Wildman–Crippen MR) is 166 cm³/mol. The van der Waals surface area contributed by atoms with Crippen LogP contribution in [0.2, 0.25) is 5.02 Å². The molecule has 4 rings (SSSR count). The van der Waals surface area contributed by atoms with Gasteiger partial charge >= 0.3 is 5.97 Å². The van der Waals surface area contributed by atoms with E-state index < -0.39 is 17.4 Å². The third-order valence-electron chi connectivity index (χ3n) is 7.49. The summed E-state index contributed by atoms with van der Waals surface area (Å²) in [7, 11) is 4.03. The molecule has 41 heavy (non-hydrogen) atoms. The fourth-order valence-electron chi connectivity index (χ4n) is 5.23. The fraction of sp³-hybridized carbons (Fsp3) is 0.406. The zero-order chi connectivity index (χ0) is 28.7. The molecule has 1 aliphatic rings. The van der Waals surface area contributed by atoms with Crippen LogP contribution < -0.4 is 10.1 Å². The molecule has 0 radical (unpaired) electrons. The fourth-order valence-corrected chi connectivity index (χ4v) is 5.40. The Kier molecular flexibility index (Phi) is 11.6. The molecular weight excluding hydrogens is 561 g/mol. The normalized spacial score (nSPS) is 14.6. The molecule has 2 aromatic carbocycles. The van der Waals surface area contributed by atoms with Crippen molar-refractivity contribution in [3.8, 4) is 28.1 Å². The van der Waals surface area contributed by atoms with Gasteiger partial charge in [-0.25, -0.2) is 9.78 Å². The number of carbonyl (C=O) groups is 2. The summed E-state index contributed by atoms with van der Waals surface area (Å²) in [6.45, 7) is 3.44. The molecule has 0 atom stereocenters. The summed E-state index contributed by atoms with van der Waals surface area (Å²) < 4.78 is 6.02. The standard InChI is InChI=1S/C32H38ClN3O4.ClH/c1-22-11-6-7-12-24(22)25-14-16-27(30(37)35-32(31(38)39)17-8-4-5-9-18-32)34-29(25)23-13-15-26(33)28(21-23)40-20-10-19-36(2)3;/h6-7,11-16,21H,4-5,8-10,17-20H2,1-3H3,(H,35,37)(H,38,39);1H. The van der Waals surface area contributed by atoms with Crippen molar-refractivity contribution in [1.82, 2.24) is 15.2 Å². The van der Waals surface area contributed by atoms with E-state index in [1.165, 1.54) is 0 Å². The molecule has 7 nitrogen and oxygen atoms in total. The summed E-state index contributed by atoms with van der Waals surface area (Å²) in [6, 6.07) is 17.1. The third kappa shape index (κ3) is 8.00. The number of aromatic nitrogens is 1. The Labute approximate surface area is 253 Å². The topological polar surface area (TPSA) is 91.8 Å². The number of hydrogen-bond acceptors (Lipinski definition) is 5. The van der Waals surface area contributed by atoms with E-state index in [2.05, 4.69) is 10.2 Å². The predicted octanol–water partition coefficient (Wildman–Crippen LogP) is 7.04. The lowest BCUT2D eigenvalue weighted by molar-refractivity contribution is -0.145. The van der Waals surface area contributed by atoms with Crippen molar-refractivity contribution in [2.75, 3.05) is 27.2 Å². The van der Waals surface area contributed by atoms with Gasteiger partial charge in [0.2, 0.25) is 0 Å². The maximum absolute atomic E-state index is 13.5. The van der Waals surface area contributed by atoms with Crippen LogP contribution in [0.1, 0.15) is 61.0 Å². The Morgan fingerprint density at radius 1 is 1.02 bits per heavy atom. The van der Waals surface area contributed by atoms with Gasteiger partial charge in [-0.15, -0.1) is 12.4 Å². The molecule has 1 fully saturated rings. The second-order valence-corrected chi connectivity index (χ2v) is 11.2. The SMILES string of the molecule is Cc1ccccc1-c1ccc(C(=O)NC2(C(=O)O)CCCCCC2)nc1-c1ccc(Cl)c(OCCCN(C)C)c1.Cl. The molecule has 0 unspecified atom stereocenters. The molecule has 1 amide bonds. The van der Waals surface area contributed by atoms with Gasteiger partial charge in [-0.05, 0) is 75.7 Å². The Hall–Kier alpha value is -3.13. The number of hydrogen-bond donors (Lipinski definition) is 2. The van der Waals surface area contributed by atoms with Gasteiger partial charge in [0.05, 0.1) is 17.3 Å².